The van der Waals surface area contributed by atoms with Crippen LogP contribution in [0.15, 0.2) is 0 Å². The SMILES string of the molecule is CCCC(OC(=O)C(C)(C)CC)OC(C)(C)CC. The van der Waals surface area contributed by atoms with E-state index in [0.717, 1.165) is 25.7 Å². The predicted molar refractivity (Wildman–Crippen MR) is 74.3 cm³/mol. The van der Waals surface area contributed by atoms with Crippen LogP contribution in [0.3, 0.4) is 0 Å². The highest BCUT2D eigenvalue weighted by molar-refractivity contribution is 5.75. The minimum absolute atomic E-state index is 0.171. The third-order valence-electron chi connectivity index (χ3n) is 3.50. The normalized spacial score (nSPS) is 14.4. The van der Waals surface area contributed by atoms with E-state index in [1.807, 2.05) is 34.6 Å². The first-order valence-corrected chi connectivity index (χ1v) is 7.07. The van der Waals surface area contributed by atoms with Gasteiger partial charge in [-0.15, -0.1) is 0 Å². The first-order valence-electron chi connectivity index (χ1n) is 7.07. The van der Waals surface area contributed by atoms with Gasteiger partial charge in [-0.3, -0.25) is 4.79 Å². The van der Waals surface area contributed by atoms with E-state index in [0.29, 0.717) is 0 Å². The third kappa shape index (κ3) is 5.85. The molecule has 1 unspecified atom stereocenters. The molecule has 3 heteroatoms. The molecule has 0 amide bonds. The number of esters is 1. The van der Waals surface area contributed by atoms with Crippen molar-refractivity contribution < 1.29 is 14.3 Å². The number of carbonyl (C=O) groups is 1. The average Bonchev–Trinajstić information content (AvgIpc) is 2.28. The molecule has 0 spiro atoms. The molecule has 0 rings (SSSR count). The maximum Gasteiger partial charge on any atom is 0.313 e. The van der Waals surface area contributed by atoms with Crippen LogP contribution in [-0.2, 0) is 14.3 Å². The zero-order valence-corrected chi connectivity index (χ0v) is 13.1. The van der Waals surface area contributed by atoms with E-state index in [1.54, 1.807) is 0 Å². The average molecular weight is 258 g/mol. The van der Waals surface area contributed by atoms with Crippen LogP contribution >= 0.6 is 0 Å². The Morgan fingerprint density at radius 3 is 2.00 bits per heavy atom. The lowest BCUT2D eigenvalue weighted by Crippen LogP contribution is -2.36. The maximum absolute atomic E-state index is 12.1. The van der Waals surface area contributed by atoms with Gasteiger partial charge in [0, 0.05) is 6.42 Å². The molecule has 0 saturated carbocycles. The number of hydrogen-bond donors (Lipinski definition) is 0. The van der Waals surface area contributed by atoms with Gasteiger partial charge in [0.2, 0.25) is 6.29 Å². The van der Waals surface area contributed by atoms with Crippen LogP contribution in [0.2, 0.25) is 0 Å². The van der Waals surface area contributed by atoms with Crippen LogP contribution in [0, 0.1) is 5.41 Å². The molecule has 0 aromatic heterocycles. The minimum Gasteiger partial charge on any atom is -0.435 e. The van der Waals surface area contributed by atoms with Crippen molar-refractivity contribution in [2.45, 2.75) is 86.0 Å². The van der Waals surface area contributed by atoms with E-state index < -0.39 is 11.7 Å². The zero-order chi connectivity index (χ0) is 14.4. The van der Waals surface area contributed by atoms with Gasteiger partial charge in [-0.2, -0.15) is 0 Å². The number of ether oxygens (including phenoxy) is 2. The lowest BCUT2D eigenvalue weighted by Gasteiger charge is -2.31. The summed E-state index contributed by atoms with van der Waals surface area (Å²) in [6.07, 6.45) is 2.91. The summed E-state index contributed by atoms with van der Waals surface area (Å²) < 4.78 is 11.4. The van der Waals surface area contributed by atoms with Crippen LogP contribution in [-0.4, -0.2) is 17.9 Å². The van der Waals surface area contributed by atoms with Crippen molar-refractivity contribution in [1.29, 1.82) is 0 Å². The standard InChI is InChI=1S/C15H30O3/c1-8-11-12(18-15(6,7)10-3)17-13(16)14(4,5)9-2/h12H,8-11H2,1-7H3. The molecule has 18 heavy (non-hydrogen) atoms. The van der Waals surface area contributed by atoms with Crippen molar-refractivity contribution in [3.8, 4) is 0 Å². The van der Waals surface area contributed by atoms with Crippen molar-refractivity contribution in [1.82, 2.24) is 0 Å². The summed E-state index contributed by atoms with van der Waals surface area (Å²) in [5, 5.41) is 0. The summed E-state index contributed by atoms with van der Waals surface area (Å²) in [4.78, 5) is 12.1. The molecule has 0 heterocycles. The highest BCUT2D eigenvalue weighted by atomic mass is 16.7. The van der Waals surface area contributed by atoms with Gasteiger partial charge in [0.15, 0.2) is 0 Å². The fourth-order valence-electron chi connectivity index (χ4n) is 1.24. The van der Waals surface area contributed by atoms with Crippen molar-refractivity contribution in [2.24, 2.45) is 5.41 Å². The van der Waals surface area contributed by atoms with Gasteiger partial charge in [0.1, 0.15) is 0 Å². The second-order valence-corrected chi connectivity index (χ2v) is 6.09. The molecule has 3 nitrogen and oxygen atoms in total. The largest absolute Gasteiger partial charge is 0.435 e. The maximum atomic E-state index is 12.1. The number of rotatable bonds is 8. The topological polar surface area (TPSA) is 35.5 Å². The Bertz CT molecular complexity index is 256. The Morgan fingerprint density at radius 2 is 1.61 bits per heavy atom. The molecular formula is C15H30O3. The summed E-state index contributed by atoms with van der Waals surface area (Å²) in [5.41, 5.74) is -0.692. The Labute approximate surface area is 112 Å². The van der Waals surface area contributed by atoms with Gasteiger partial charge in [-0.1, -0.05) is 27.2 Å². The predicted octanol–water partition coefficient (Wildman–Crippen LogP) is 4.30. The first kappa shape index (κ1) is 17.4. The molecule has 0 fully saturated rings. The highest BCUT2D eigenvalue weighted by Gasteiger charge is 2.31. The minimum atomic E-state index is -0.439. The molecule has 0 radical (unpaired) electrons. The van der Waals surface area contributed by atoms with E-state index in [-0.39, 0.29) is 11.6 Å². The molecule has 0 bridgehead atoms. The van der Waals surface area contributed by atoms with Crippen molar-refractivity contribution in [3.63, 3.8) is 0 Å². The van der Waals surface area contributed by atoms with E-state index in [4.69, 9.17) is 9.47 Å². The lowest BCUT2D eigenvalue weighted by atomic mass is 9.91. The van der Waals surface area contributed by atoms with E-state index in [2.05, 4.69) is 13.8 Å². The highest BCUT2D eigenvalue weighted by Crippen LogP contribution is 2.25. The molecule has 0 saturated heterocycles. The molecule has 0 aliphatic rings. The van der Waals surface area contributed by atoms with Crippen LogP contribution in [0.1, 0.15) is 74.1 Å². The van der Waals surface area contributed by atoms with Crippen molar-refractivity contribution in [3.05, 3.63) is 0 Å². The number of hydrogen-bond acceptors (Lipinski definition) is 3. The second-order valence-electron chi connectivity index (χ2n) is 6.09. The smallest absolute Gasteiger partial charge is 0.313 e. The van der Waals surface area contributed by atoms with E-state index in [9.17, 15) is 4.79 Å². The van der Waals surface area contributed by atoms with Gasteiger partial charge in [0.25, 0.3) is 0 Å². The summed E-state index contributed by atoms with van der Waals surface area (Å²) >= 11 is 0. The van der Waals surface area contributed by atoms with Crippen molar-refractivity contribution >= 4 is 5.97 Å². The van der Waals surface area contributed by atoms with Crippen LogP contribution < -0.4 is 0 Å². The fraction of sp³-hybridized carbons (Fsp3) is 0.933. The molecule has 0 aromatic rings. The molecule has 0 aromatic carbocycles. The molecule has 0 aliphatic heterocycles. The summed E-state index contributed by atoms with van der Waals surface area (Å²) in [7, 11) is 0. The Balaban J connectivity index is 4.59. The molecule has 0 N–H and O–H groups in total. The summed E-state index contributed by atoms with van der Waals surface area (Å²) in [5.74, 6) is -0.171. The monoisotopic (exact) mass is 258 g/mol. The fourth-order valence-corrected chi connectivity index (χ4v) is 1.24. The zero-order valence-electron chi connectivity index (χ0n) is 13.1. The van der Waals surface area contributed by atoms with Gasteiger partial charge >= 0.3 is 5.97 Å². The van der Waals surface area contributed by atoms with Crippen LogP contribution in [0.25, 0.3) is 0 Å². The molecule has 108 valence electrons. The van der Waals surface area contributed by atoms with Gasteiger partial charge in [0.05, 0.1) is 11.0 Å². The Morgan fingerprint density at radius 1 is 1.06 bits per heavy atom. The van der Waals surface area contributed by atoms with Gasteiger partial charge in [-0.25, -0.2) is 0 Å². The second kappa shape index (κ2) is 7.13. The summed E-state index contributed by atoms with van der Waals surface area (Å²) in [6.45, 7) is 14.0. The molecular weight excluding hydrogens is 228 g/mol. The lowest BCUT2D eigenvalue weighted by molar-refractivity contribution is -0.216. The van der Waals surface area contributed by atoms with Crippen LogP contribution in [0.5, 0.6) is 0 Å². The Kier molecular flexibility index (Phi) is 6.90. The summed E-state index contributed by atoms with van der Waals surface area (Å²) in [6, 6.07) is 0. The first-order chi connectivity index (χ1) is 8.18. The molecule has 1 atom stereocenters. The quantitative estimate of drug-likeness (QED) is 0.481. The van der Waals surface area contributed by atoms with Gasteiger partial charge < -0.3 is 9.47 Å². The number of carbonyl (C=O) groups excluding carboxylic acids is 1. The Hall–Kier alpha value is -0.570. The molecule has 0 aliphatic carbocycles. The van der Waals surface area contributed by atoms with E-state index in [1.165, 1.54) is 0 Å². The van der Waals surface area contributed by atoms with Gasteiger partial charge in [-0.05, 0) is 40.5 Å². The van der Waals surface area contributed by atoms with Crippen molar-refractivity contribution in [2.75, 3.05) is 0 Å². The van der Waals surface area contributed by atoms with Crippen LogP contribution in [0.4, 0.5) is 0 Å². The van der Waals surface area contributed by atoms with E-state index >= 15 is 0 Å². The third-order valence-corrected chi connectivity index (χ3v) is 3.50.